The van der Waals surface area contributed by atoms with Crippen molar-refractivity contribution in [3.05, 3.63) is 120 Å². The molecule has 1 saturated heterocycles. The molecule has 2 N–H and O–H groups in total. The van der Waals surface area contributed by atoms with Crippen molar-refractivity contribution < 1.29 is 41.1 Å². The van der Waals surface area contributed by atoms with Gasteiger partial charge in [0.25, 0.3) is 5.91 Å². The third-order valence-electron chi connectivity index (χ3n) is 9.04. The van der Waals surface area contributed by atoms with E-state index in [1.165, 1.54) is 7.11 Å². The molecule has 12 heteroatoms. The van der Waals surface area contributed by atoms with E-state index >= 15 is 0 Å². The van der Waals surface area contributed by atoms with Gasteiger partial charge in [0.2, 0.25) is 5.91 Å². The molecule has 2 aliphatic rings. The molecule has 0 unspecified atom stereocenters. The highest BCUT2D eigenvalue weighted by Gasteiger charge is 2.51. The molecular formula is C38H39F3N2O6P+. The SMILES string of the molecule is CO[P+]1(CCCCC2(C(=O)NCCC(F)(F)F)c3ccccc3-c3ccccc32)OCC(NC(=O)c2ccccc2Oc2ccccc2)CO1. The van der Waals surface area contributed by atoms with Crippen molar-refractivity contribution in [2.75, 3.05) is 33.0 Å². The average Bonchev–Trinajstić information content (AvgIpc) is 3.41. The molecule has 4 aromatic carbocycles. The van der Waals surface area contributed by atoms with Crippen molar-refractivity contribution in [1.82, 2.24) is 10.6 Å². The highest BCUT2D eigenvalue weighted by Crippen LogP contribution is 2.64. The fourth-order valence-electron chi connectivity index (χ4n) is 6.64. The molecule has 1 fully saturated rings. The maximum absolute atomic E-state index is 13.9. The van der Waals surface area contributed by atoms with E-state index in [0.717, 1.165) is 22.3 Å². The number of benzene rings is 4. The maximum atomic E-state index is 13.9. The Labute approximate surface area is 289 Å². The van der Waals surface area contributed by atoms with Crippen LogP contribution in [-0.2, 0) is 23.8 Å². The molecule has 0 atom stereocenters. The predicted octanol–water partition coefficient (Wildman–Crippen LogP) is 8.24. The smallest absolute Gasteiger partial charge is 0.411 e. The quantitative estimate of drug-likeness (QED) is 0.107. The highest BCUT2D eigenvalue weighted by atomic mass is 31.2. The Morgan fingerprint density at radius 2 is 1.44 bits per heavy atom. The number of hydrogen-bond donors (Lipinski definition) is 2. The van der Waals surface area contributed by atoms with Gasteiger partial charge in [-0.1, -0.05) is 78.9 Å². The normalized spacial score (nSPS) is 19.2. The Morgan fingerprint density at radius 1 is 0.840 bits per heavy atom. The highest BCUT2D eigenvalue weighted by molar-refractivity contribution is 7.61. The van der Waals surface area contributed by atoms with Crippen LogP contribution in [0.4, 0.5) is 13.2 Å². The first-order valence-electron chi connectivity index (χ1n) is 16.5. The lowest BCUT2D eigenvalue weighted by molar-refractivity contribution is -0.136. The number of ether oxygens (including phenoxy) is 1. The second-order valence-electron chi connectivity index (χ2n) is 12.3. The van der Waals surface area contributed by atoms with Crippen LogP contribution in [0.5, 0.6) is 11.5 Å². The number of nitrogens with one attached hydrogen (secondary N) is 2. The second kappa shape index (κ2) is 15.3. The first-order valence-corrected chi connectivity index (χ1v) is 18.3. The molecule has 0 saturated carbocycles. The van der Waals surface area contributed by atoms with Crippen molar-refractivity contribution >= 4 is 19.8 Å². The third-order valence-corrected chi connectivity index (χ3v) is 11.5. The summed E-state index contributed by atoms with van der Waals surface area (Å²) in [5.41, 5.74) is 2.58. The first kappa shape index (κ1) is 35.5. The number of amides is 2. The van der Waals surface area contributed by atoms with Gasteiger partial charge >= 0.3 is 14.1 Å². The van der Waals surface area contributed by atoms with Crippen LogP contribution in [0.15, 0.2) is 103 Å². The van der Waals surface area contributed by atoms with E-state index in [0.29, 0.717) is 42.5 Å². The summed E-state index contributed by atoms with van der Waals surface area (Å²) < 4.78 is 63.1. The van der Waals surface area contributed by atoms with Crippen LogP contribution in [0, 0.1) is 0 Å². The molecule has 1 aliphatic carbocycles. The Kier molecular flexibility index (Phi) is 10.9. The zero-order valence-electron chi connectivity index (χ0n) is 27.6. The van der Waals surface area contributed by atoms with E-state index < -0.39 is 44.4 Å². The molecule has 0 radical (unpaired) electrons. The van der Waals surface area contributed by atoms with Gasteiger partial charge in [0.05, 0.1) is 25.1 Å². The molecule has 0 aromatic heterocycles. The van der Waals surface area contributed by atoms with Crippen molar-refractivity contribution in [2.45, 2.75) is 43.3 Å². The lowest BCUT2D eigenvalue weighted by Gasteiger charge is -2.32. The number of carbonyl (C=O) groups is 2. The predicted molar refractivity (Wildman–Crippen MR) is 185 cm³/mol. The van der Waals surface area contributed by atoms with E-state index in [1.54, 1.807) is 24.3 Å². The fourth-order valence-corrected chi connectivity index (χ4v) is 8.79. The van der Waals surface area contributed by atoms with Gasteiger partial charge < -0.3 is 15.4 Å². The Balaban J connectivity index is 1.09. The van der Waals surface area contributed by atoms with Crippen LogP contribution >= 0.6 is 7.94 Å². The molecule has 50 heavy (non-hydrogen) atoms. The summed E-state index contributed by atoms with van der Waals surface area (Å²) in [7, 11) is -1.23. The molecule has 1 heterocycles. The fraction of sp³-hybridized carbons (Fsp3) is 0.316. The van der Waals surface area contributed by atoms with E-state index in [9.17, 15) is 22.8 Å². The monoisotopic (exact) mass is 707 g/mol. The van der Waals surface area contributed by atoms with Crippen molar-refractivity contribution in [3.8, 4) is 22.6 Å². The molecule has 8 nitrogen and oxygen atoms in total. The number of halogens is 3. The Bertz CT molecular complexity index is 1750. The number of hydrogen-bond acceptors (Lipinski definition) is 6. The summed E-state index contributed by atoms with van der Waals surface area (Å²) in [6.07, 6.45) is -3.56. The van der Waals surface area contributed by atoms with Crippen LogP contribution < -0.4 is 15.4 Å². The number of rotatable bonds is 13. The minimum atomic E-state index is -4.38. The molecule has 1 aliphatic heterocycles. The summed E-state index contributed by atoms with van der Waals surface area (Å²) in [5.74, 6) is 0.260. The summed E-state index contributed by atoms with van der Waals surface area (Å²) in [6.45, 7) is -0.138. The maximum Gasteiger partial charge on any atom is 0.411 e. The molecule has 0 bridgehead atoms. The number of fused-ring (bicyclic) bond motifs is 3. The van der Waals surface area contributed by atoms with Gasteiger partial charge in [0, 0.05) is 6.54 Å². The molecule has 4 aromatic rings. The minimum absolute atomic E-state index is 0.182. The minimum Gasteiger partial charge on any atom is -0.457 e. The Hall–Kier alpha value is -4.28. The largest absolute Gasteiger partial charge is 0.457 e. The van der Waals surface area contributed by atoms with Gasteiger partial charge in [-0.05, 0) is 65.8 Å². The van der Waals surface area contributed by atoms with Gasteiger partial charge in [-0.15, -0.1) is 0 Å². The zero-order chi connectivity index (χ0) is 35.2. The zero-order valence-corrected chi connectivity index (χ0v) is 28.5. The topological polar surface area (TPSA) is 95.1 Å². The molecule has 2 amide bonds. The Morgan fingerprint density at radius 3 is 2.08 bits per heavy atom. The van der Waals surface area contributed by atoms with Gasteiger partial charge in [-0.2, -0.15) is 26.7 Å². The second-order valence-corrected chi connectivity index (χ2v) is 14.8. The summed E-state index contributed by atoms with van der Waals surface area (Å²) in [4.78, 5) is 27.2. The van der Waals surface area contributed by atoms with E-state index in [-0.39, 0.29) is 19.1 Å². The van der Waals surface area contributed by atoms with Crippen LogP contribution in [0.2, 0.25) is 0 Å². The molecular weight excluding hydrogens is 668 g/mol. The summed E-state index contributed by atoms with van der Waals surface area (Å²) in [5, 5.41) is 5.56. The number of carbonyl (C=O) groups excluding carboxylic acids is 2. The van der Waals surface area contributed by atoms with Crippen LogP contribution in [0.1, 0.15) is 47.2 Å². The van der Waals surface area contributed by atoms with Crippen molar-refractivity contribution in [2.24, 2.45) is 0 Å². The average molecular weight is 708 g/mol. The number of unbranched alkanes of at least 4 members (excludes halogenated alkanes) is 1. The number of alkyl halides is 3. The van der Waals surface area contributed by atoms with Crippen molar-refractivity contribution in [3.63, 3.8) is 0 Å². The van der Waals surface area contributed by atoms with Gasteiger partial charge in [0.1, 0.15) is 36.3 Å². The lowest BCUT2D eigenvalue weighted by Crippen LogP contribution is -2.45. The van der Waals surface area contributed by atoms with Gasteiger partial charge in [-0.25, -0.2) is 0 Å². The first-order chi connectivity index (χ1) is 24.1. The van der Waals surface area contributed by atoms with E-state index in [1.807, 2.05) is 78.9 Å². The van der Waals surface area contributed by atoms with Crippen molar-refractivity contribution in [1.29, 1.82) is 0 Å². The summed E-state index contributed by atoms with van der Waals surface area (Å²) >= 11 is 0. The molecule has 6 rings (SSSR count). The third kappa shape index (κ3) is 7.71. The van der Waals surface area contributed by atoms with Crippen LogP contribution in [0.25, 0.3) is 11.1 Å². The van der Waals surface area contributed by atoms with Gasteiger partial charge in [0.15, 0.2) is 0 Å². The van der Waals surface area contributed by atoms with Gasteiger partial charge in [-0.3, -0.25) is 9.59 Å². The summed E-state index contributed by atoms with van der Waals surface area (Å²) in [6, 6.07) is 30.9. The standard InChI is InChI=1S/C38H38F3N2O6P/c1-46-50(47-25-27(26-48-50)43-35(44)31-17-7-10-20-34(31)49-28-13-3-2-4-14-28)24-12-11-21-37(36(45)42-23-22-38(39,40)41)32-18-8-5-15-29(32)30-16-6-9-19-33(30)37/h2-10,13-20,27H,11-12,21-26H2,1H3,(H-,42,43,44,45)/p+1. The van der Waals surface area contributed by atoms with E-state index in [4.69, 9.17) is 18.3 Å². The lowest BCUT2D eigenvalue weighted by atomic mass is 9.73. The van der Waals surface area contributed by atoms with Crippen LogP contribution in [-0.4, -0.2) is 57.1 Å². The van der Waals surface area contributed by atoms with E-state index in [2.05, 4.69) is 10.6 Å². The molecule has 262 valence electrons. The molecule has 0 spiro atoms. The van der Waals surface area contributed by atoms with Crippen LogP contribution in [0.3, 0.4) is 0 Å². The number of para-hydroxylation sites is 2.